The Balaban J connectivity index is 5.40. The number of esters is 4. The summed E-state index contributed by atoms with van der Waals surface area (Å²) < 4.78 is 68.3. The molecule has 17 nitrogen and oxygen atoms in total. The van der Waals surface area contributed by atoms with E-state index in [2.05, 4.69) is 88.5 Å². The summed E-state index contributed by atoms with van der Waals surface area (Å²) in [6, 6.07) is 0. The lowest BCUT2D eigenvalue weighted by Gasteiger charge is -2.21. The van der Waals surface area contributed by atoms with Crippen LogP contribution in [0.1, 0.15) is 323 Å². The van der Waals surface area contributed by atoms with Crippen LogP contribution in [0.15, 0.2) is 85.1 Å². The maximum absolute atomic E-state index is 13.1. The van der Waals surface area contributed by atoms with Gasteiger partial charge in [0.25, 0.3) is 0 Å². The lowest BCUT2D eigenvalue weighted by Crippen LogP contribution is -2.30. The molecule has 0 saturated carbocycles. The molecular weight excluding hydrogens is 1260 g/mol. The molecule has 0 rings (SSSR count). The Morgan fingerprint density at radius 1 is 0.312 bits per heavy atom. The van der Waals surface area contributed by atoms with Crippen molar-refractivity contribution in [1.82, 2.24) is 0 Å². The molecule has 0 saturated heterocycles. The largest absolute Gasteiger partial charge is 0.472 e. The number of carbonyl (C=O) groups excluding carboxylic acids is 4. The zero-order valence-corrected chi connectivity index (χ0v) is 62.3. The molecule has 0 aromatic rings. The van der Waals surface area contributed by atoms with Crippen molar-refractivity contribution in [3.63, 3.8) is 0 Å². The van der Waals surface area contributed by atoms with Crippen molar-refractivity contribution in [3.8, 4) is 0 Å². The SMILES string of the molecule is CC/C=C\C/C=C\C/C=C\C/C=C\C/C=C\CC(=O)OCC(COP(=O)(O)OCC(O)COP(=O)(O)OCC(COC(=O)CCCCCCC/C=C\CCCCCC)OC(=O)CCCCCCCCCCCCCCC)OC(=O)CCCCCCC/C=C\CCCCCCCC. The zero-order valence-electron chi connectivity index (χ0n) is 60.5. The van der Waals surface area contributed by atoms with E-state index in [9.17, 15) is 43.2 Å². The van der Waals surface area contributed by atoms with E-state index in [0.717, 1.165) is 128 Å². The fraction of sp³-hybridized carbons (Fsp3) is 0.766. The number of phosphoric ester groups is 2. The van der Waals surface area contributed by atoms with Gasteiger partial charge < -0.3 is 33.8 Å². The van der Waals surface area contributed by atoms with Crippen molar-refractivity contribution in [3.05, 3.63) is 85.1 Å². The molecule has 0 bridgehead atoms. The van der Waals surface area contributed by atoms with Crippen molar-refractivity contribution < 1.29 is 80.2 Å². The van der Waals surface area contributed by atoms with Gasteiger partial charge in [-0.1, -0.05) is 280 Å². The molecule has 0 spiro atoms. The Kier molecular flexibility index (Phi) is 67.0. The van der Waals surface area contributed by atoms with Crippen molar-refractivity contribution in [2.24, 2.45) is 0 Å². The smallest absolute Gasteiger partial charge is 0.462 e. The summed E-state index contributed by atoms with van der Waals surface area (Å²) in [6.45, 7) is 4.63. The molecule has 556 valence electrons. The Labute approximate surface area is 583 Å². The molecule has 0 aromatic carbocycles. The van der Waals surface area contributed by atoms with Crippen LogP contribution in [0.5, 0.6) is 0 Å². The van der Waals surface area contributed by atoms with Gasteiger partial charge in [-0.15, -0.1) is 0 Å². The van der Waals surface area contributed by atoms with E-state index in [4.69, 9.17) is 37.0 Å². The van der Waals surface area contributed by atoms with Crippen molar-refractivity contribution >= 4 is 39.5 Å². The van der Waals surface area contributed by atoms with Crippen LogP contribution in [0.2, 0.25) is 0 Å². The van der Waals surface area contributed by atoms with Crippen molar-refractivity contribution in [2.45, 2.75) is 341 Å². The lowest BCUT2D eigenvalue weighted by molar-refractivity contribution is -0.161. The van der Waals surface area contributed by atoms with Gasteiger partial charge >= 0.3 is 39.5 Å². The summed E-state index contributed by atoms with van der Waals surface area (Å²) in [5.41, 5.74) is 0. The topological polar surface area (TPSA) is 237 Å². The number of rotatable bonds is 71. The first-order valence-electron chi connectivity index (χ1n) is 37.8. The molecule has 0 radical (unpaired) electrons. The normalized spacial score (nSPS) is 14.4. The van der Waals surface area contributed by atoms with Crippen LogP contribution in [0, 0.1) is 0 Å². The maximum Gasteiger partial charge on any atom is 0.472 e. The fourth-order valence-electron chi connectivity index (χ4n) is 10.1. The summed E-state index contributed by atoms with van der Waals surface area (Å²) in [5.74, 6) is -2.32. The van der Waals surface area contributed by atoms with Crippen LogP contribution in [0.3, 0.4) is 0 Å². The average molecular weight is 1400 g/mol. The number of phosphoric acid groups is 2. The van der Waals surface area contributed by atoms with Gasteiger partial charge in [0.05, 0.1) is 32.8 Å². The van der Waals surface area contributed by atoms with Gasteiger partial charge in [0.2, 0.25) is 0 Å². The van der Waals surface area contributed by atoms with Crippen LogP contribution >= 0.6 is 15.6 Å². The lowest BCUT2D eigenvalue weighted by atomic mass is 10.0. The van der Waals surface area contributed by atoms with Crippen LogP contribution in [-0.4, -0.2) is 96.7 Å². The number of unbranched alkanes of at least 4 members (excludes halogenated alkanes) is 32. The van der Waals surface area contributed by atoms with Crippen molar-refractivity contribution in [1.29, 1.82) is 0 Å². The summed E-state index contributed by atoms with van der Waals surface area (Å²) in [7, 11) is -9.96. The van der Waals surface area contributed by atoms with E-state index in [0.29, 0.717) is 25.7 Å². The number of aliphatic hydroxyl groups is 1. The summed E-state index contributed by atoms with van der Waals surface area (Å²) in [5, 5.41) is 10.6. The van der Waals surface area contributed by atoms with Gasteiger partial charge in [-0.2, -0.15) is 0 Å². The molecule has 96 heavy (non-hydrogen) atoms. The highest BCUT2D eigenvalue weighted by atomic mass is 31.2. The molecule has 0 amide bonds. The van der Waals surface area contributed by atoms with Gasteiger partial charge in [-0.3, -0.25) is 37.3 Å². The van der Waals surface area contributed by atoms with Crippen LogP contribution in [-0.2, 0) is 65.4 Å². The second-order valence-electron chi connectivity index (χ2n) is 25.2. The van der Waals surface area contributed by atoms with Crippen LogP contribution < -0.4 is 0 Å². The second-order valence-corrected chi connectivity index (χ2v) is 28.1. The minimum absolute atomic E-state index is 0.0670. The van der Waals surface area contributed by atoms with Gasteiger partial charge in [0, 0.05) is 19.3 Å². The summed E-state index contributed by atoms with van der Waals surface area (Å²) in [6.07, 6.45) is 70.3. The highest BCUT2D eigenvalue weighted by Crippen LogP contribution is 2.45. The summed E-state index contributed by atoms with van der Waals surface area (Å²) in [4.78, 5) is 72.7. The molecule has 0 heterocycles. The second kappa shape index (κ2) is 69.7. The Bertz CT molecular complexity index is 2160. The molecule has 5 atom stereocenters. The quantitative estimate of drug-likeness (QED) is 0.0169. The molecule has 0 fully saturated rings. The first kappa shape index (κ1) is 92.2. The van der Waals surface area contributed by atoms with E-state index >= 15 is 0 Å². The Morgan fingerprint density at radius 3 is 0.927 bits per heavy atom. The Hall–Kier alpha value is -3.76. The number of hydrogen-bond donors (Lipinski definition) is 3. The molecular formula is C77H136O17P2. The minimum atomic E-state index is -4.99. The first-order valence-corrected chi connectivity index (χ1v) is 40.8. The van der Waals surface area contributed by atoms with Crippen LogP contribution in [0.4, 0.5) is 0 Å². The monoisotopic (exact) mass is 1390 g/mol. The Morgan fingerprint density at radius 2 is 0.583 bits per heavy atom. The number of allylic oxidation sites excluding steroid dienone is 13. The minimum Gasteiger partial charge on any atom is -0.462 e. The van der Waals surface area contributed by atoms with Crippen LogP contribution in [0.25, 0.3) is 0 Å². The number of aliphatic hydroxyl groups excluding tert-OH is 1. The molecule has 5 unspecified atom stereocenters. The van der Waals surface area contributed by atoms with Gasteiger partial charge in [0.1, 0.15) is 19.3 Å². The highest BCUT2D eigenvalue weighted by Gasteiger charge is 2.30. The van der Waals surface area contributed by atoms with E-state index in [1.54, 1.807) is 6.08 Å². The highest BCUT2D eigenvalue weighted by molar-refractivity contribution is 7.47. The third-order valence-electron chi connectivity index (χ3n) is 15.9. The molecule has 0 aliphatic rings. The van der Waals surface area contributed by atoms with E-state index in [1.165, 1.54) is 116 Å². The molecule has 0 aliphatic heterocycles. The third-order valence-corrected chi connectivity index (χ3v) is 17.8. The number of carbonyl (C=O) groups is 4. The zero-order chi connectivity index (χ0) is 70.4. The van der Waals surface area contributed by atoms with Gasteiger partial charge in [-0.25, -0.2) is 9.13 Å². The standard InChI is InChI=1S/C77H136O17P2/c1-5-9-13-17-21-25-29-33-35-39-42-46-50-54-58-62-75(80)88-68-73(94-77(82)64-60-56-52-48-44-40-36-34-30-26-22-18-14-10-6-2)70-92-96(85,86)90-66-71(78)65-89-95(83,84)91-69-72(93-76(81)63-59-55-51-47-43-38-32-28-24-20-16-12-8-4)67-87-74(79)61-57-53-49-45-41-37-31-27-23-19-15-11-7-3/h9,13,21,25,27,31,33-36,42,46,54,58,71-73,78H,5-8,10-12,14-20,22-24,26,28-30,32,37-41,43-45,47-53,55-57,59-70H2,1-4H3,(H,83,84)(H,85,86)/b13-9-,25-21-,31-27-,35-33-,36-34-,46-42-,58-54-. The predicted molar refractivity (Wildman–Crippen MR) is 390 cm³/mol. The van der Waals surface area contributed by atoms with Gasteiger partial charge in [0.15, 0.2) is 12.2 Å². The third kappa shape index (κ3) is 68.8. The van der Waals surface area contributed by atoms with E-state index < -0.39 is 97.5 Å². The molecule has 19 heteroatoms. The summed E-state index contributed by atoms with van der Waals surface area (Å²) >= 11 is 0. The van der Waals surface area contributed by atoms with E-state index in [1.807, 2.05) is 18.2 Å². The molecule has 3 N–H and O–H groups in total. The predicted octanol–water partition coefficient (Wildman–Crippen LogP) is 21.4. The average Bonchev–Trinajstić information content (AvgIpc) is 1.36. The number of hydrogen-bond acceptors (Lipinski definition) is 15. The van der Waals surface area contributed by atoms with Gasteiger partial charge in [-0.05, 0) is 103 Å². The van der Waals surface area contributed by atoms with Crippen molar-refractivity contribution in [2.75, 3.05) is 39.6 Å². The fourth-order valence-corrected chi connectivity index (χ4v) is 11.7. The maximum atomic E-state index is 13.1. The molecule has 0 aliphatic carbocycles. The number of ether oxygens (including phenoxy) is 4. The first-order chi connectivity index (χ1) is 46.7. The van der Waals surface area contributed by atoms with E-state index in [-0.39, 0.29) is 25.7 Å². The molecule has 0 aromatic heterocycles.